The number of fused-ring (bicyclic) bond motifs is 1. The standard InChI is InChI=1S/C24H24N4O6/c29-22(26-11-9-25(10-12-26)20-5-1-2-6-21(20)28(32)33)16-7-8-18-19(14-16)24(31)27(23(18)30)15-17-4-3-13-34-17/h1-2,5-8,14,17H,3-4,9-13,15H2. The second-order valence-corrected chi connectivity index (χ2v) is 8.64. The van der Waals surface area contributed by atoms with Gasteiger partial charge in [-0.05, 0) is 37.1 Å². The summed E-state index contributed by atoms with van der Waals surface area (Å²) in [6.45, 7) is 2.54. The van der Waals surface area contributed by atoms with Crippen molar-refractivity contribution < 1.29 is 24.0 Å². The predicted molar refractivity (Wildman–Crippen MR) is 122 cm³/mol. The molecule has 0 aliphatic carbocycles. The maximum Gasteiger partial charge on any atom is 0.292 e. The van der Waals surface area contributed by atoms with E-state index in [1.807, 2.05) is 4.90 Å². The Balaban J connectivity index is 1.27. The van der Waals surface area contributed by atoms with Crippen molar-refractivity contribution in [3.8, 4) is 0 Å². The number of rotatable bonds is 5. The second-order valence-electron chi connectivity index (χ2n) is 8.64. The minimum absolute atomic E-state index is 0.0386. The molecule has 0 bridgehead atoms. The summed E-state index contributed by atoms with van der Waals surface area (Å²) in [5.74, 6) is -0.984. The van der Waals surface area contributed by atoms with Crippen molar-refractivity contribution in [2.45, 2.75) is 18.9 Å². The molecule has 5 rings (SSSR count). The number of piperazine rings is 1. The van der Waals surface area contributed by atoms with E-state index in [0.29, 0.717) is 49.6 Å². The van der Waals surface area contributed by atoms with E-state index in [2.05, 4.69) is 0 Å². The molecule has 1 unspecified atom stereocenters. The molecule has 3 amide bonds. The van der Waals surface area contributed by atoms with E-state index in [-0.39, 0.29) is 35.7 Å². The molecule has 10 nitrogen and oxygen atoms in total. The molecule has 2 aromatic rings. The largest absolute Gasteiger partial charge is 0.376 e. The van der Waals surface area contributed by atoms with Crippen LogP contribution in [-0.4, -0.2) is 77.9 Å². The molecule has 3 aliphatic rings. The van der Waals surface area contributed by atoms with Gasteiger partial charge in [-0.25, -0.2) is 0 Å². The van der Waals surface area contributed by atoms with E-state index in [0.717, 1.165) is 12.8 Å². The minimum atomic E-state index is -0.405. The highest BCUT2D eigenvalue weighted by molar-refractivity contribution is 6.22. The summed E-state index contributed by atoms with van der Waals surface area (Å²) in [5, 5.41) is 11.3. The first-order valence-corrected chi connectivity index (χ1v) is 11.3. The van der Waals surface area contributed by atoms with E-state index in [9.17, 15) is 24.5 Å². The number of nitrogens with zero attached hydrogens (tertiary/aromatic N) is 4. The van der Waals surface area contributed by atoms with Gasteiger partial charge in [0, 0.05) is 44.4 Å². The van der Waals surface area contributed by atoms with Crippen molar-refractivity contribution in [2.24, 2.45) is 0 Å². The average Bonchev–Trinajstić information content (AvgIpc) is 3.46. The molecular formula is C24H24N4O6. The fraction of sp³-hybridized carbons (Fsp3) is 0.375. The van der Waals surface area contributed by atoms with E-state index in [1.165, 1.54) is 17.0 Å². The van der Waals surface area contributed by atoms with Gasteiger partial charge in [-0.15, -0.1) is 0 Å². The van der Waals surface area contributed by atoms with Crippen molar-refractivity contribution >= 4 is 29.1 Å². The van der Waals surface area contributed by atoms with Crippen LogP contribution in [0.1, 0.15) is 43.9 Å². The Hall–Kier alpha value is -3.79. The zero-order valence-electron chi connectivity index (χ0n) is 18.5. The normalized spacial score (nSPS) is 20.1. The van der Waals surface area contributed by atoms with Crippen molar-refractivity contribution in [1.82, 2.24) is 9.80 Å². The number of hydrogen-bond donors (Lipinski definition) is 0. The van der Waals surface area contributed by atoms with E-state index in [1.54, 1.807) is 35.2 Å². The molecule has 0 aromatic heterocycles. The number of nitro groups is 1. The van der Waals surface area contributed by atoms with Crippen LogP contribution in [0.2, 0.25) is 0 Å². The molecule has 0 saturated carbocycles. The molecular weight excluding hydrogens is 440 g/mol. The third-order valence-electron chi connectivity index (χ3n) is 6.61. The number of carbonyl (C=O) groups excluding carboxylic acids is 3. The lowest BCUT2D eigenvalue weighted by Crippen LogP contribution is -2.49. The molecule has 2 aromatic carbocycles. The van der Waals surface area contributed by atoms with Gasteiger partial charge in [0.25, 0.3) is 23.4 Å². The second kappa shape index (κ2) is 8.86. The number of carbonyl (C=O) groups is 3. The Morgan fingerprint density at radius 2 is 1.76 bits per heavy atom. The highest BCUT2D eigenvalue weighted by atomic mass is 16.6. The van der Waals surface area contributed by atoms with Crippen LogP contribution in [0.15, 0.2) is 42.5 Å². The molecule has 10 heteroatoms. The maximum absolute atomic E-state index is 13.1. The molecule has 3 heterocycles. The predicted octanol–water partition coefficient (Wildman–Crippen LogP) is 2.33. The Kier molecular flexibility index (Phi) is 5.74. The van der Waals surface area contributed by atoms with Gasteiger partial charge in [0.2, 0.25) is 0 Å². The topological polar surface area (TPSA) is 113 Å². The summed E-state index contributed by atoms with van der Waals surface area (Å²) in [6, 6.07) is 11.2. The number of para-hydroxylation sites is 2. The summed E-state index contributed by atoms with van der Waals surface area (Å²) >= 11 is 0. The highest BCUT2D eigenvalue weighted by Crippen LogP contribution is 2.29. The number of nitro benzene ring substituents is 1. The lowest BCUT2D eigenvalue weighted by Gasteiger charge is -2.35. The Bertz CT molecular complexity index is 1170. The number of amides is 3. The van der Waals surface area contributed by atoms with Gasteiger partial charge in [0.05, 0.1) is 28.7 Å². The van der Waals surface area contributed by atoms with Crippen LogP contribution < -0.4 is 4.90 Å². The van der Waals surface area contributed by atoms with Crippen molar-refractivity contribution in [2.75, 3.05) is 44.2 Å². The van der Waals surface area contributed by atoms with Gasteiger partial charge in [-0.2, -0.15) is 0 Å². The fourth-order valence-electron chi connectivity index (χ4n) is 4.80. The van der Waals surface area contributed by atoms with Gasteiger partial charge < -0.3 is 14.5 Å². The van der Waals surface area contributed by atoms with Crippen LogP contribution in [0.4, 0.5) is 11.4 Å². The van der Waals surface area contributed by atoms with Crippen LogP contribution in [0, 0.1) is 10.1 Å². The Morgan fingerprint density at radius 1 is 1.03 bits per heavy atom. The quantitative estimate of drug-likeness (QED) is 0.379. The number of benzene rings is 2. The fourth-order valence-corrected chi connectivity index (χ4v) is 4.80. The first-order valence-electron chi connectivity index (χ1n) is 11.3. The third kappa shape index (κ3) is 3.90. The number of hydrogen-bond acceptors (Lipinski definition) is 7. The molecule has 34 heavy (non-hydrogen) atoms. The Labute approximate surface area is 195 Å². The third-order valence-corrected chi connectivity index (χ3v) is 6.61. The Morgan fingerprint density at radius 3 is 2.47 bits per heavy atom. The van der Waals surface area contributed by atoms with Gasteiger partial charge in [-0.1, -0.05) is 12.1 Å². The number of imide groups is 1. The van der Waals surface area contributed by atoms with E-state index < -0.39 is 10.8 Å². The molecule has 0 spiro atoms. The van der Waals surface area contributed by atoms with Gasteiger partial charge in [-0.3, -0.25) is 29.4 Å². The average molecular weight is 464 g/mol. The van der Waals surface area contributed by atoms with Crippen LogP contribution in [-0.2, 0) is 4.74 Å². The molecule has 3 aliphatic heterocycles. The van der Waals surface area contributed by atoms with E-state index in [4.69, 9.17) is 4.74 Å². The number of anilines is 1. The summed E-state index contributed by atoms with van der Waals surface area (Å²) in [6.07, 6.45) is 1.59. The van der Waals surface area contributed by atoms with Crippen LogP contribution >= 0.6 is 0 Å². The molecule has 0 radical (unpaired) electrons. The first-order chi connectivity index (χ1) is 16.4. The first kappa shape index (κ1) is 22.0. The zero-order valence-corrected chi connectivity index (χ0v) is 18.5. The molecule has 2 fully saturated rings. The van der Waals surface area contributed by atoms with Gasteiger partial charge in [0.1, 0.15) is 5.69 Å². The van der Waals surface area contributed by atoms with Crippen molar-refractivity contribution in [1.29, 1.82) is 0 Å². The lowest BCUT2D eigenvalue weighted by atomic mass is 10.0. The summed E-state index contributed by atoms with van der Waals surface area (Å²) in [7, 11) is 0. The molecule has 0 N–H and O–H groups in total. The molecule has 2 saturated heterocycles. The van der Waals surface area contributed by atoms with Gasteiger partial charge in [0.15, 0.2) is 0 Å². The summed E-state index contributed by atoms with van der Waals surface area (Å²) in [4.78, 5) is 54.5. The maximum atomic E-state index is 13.1. The van der Waals surface area contributed by atoms with Crippen LogP contribution in [0.5, 0.6) is 0 Å². The minimum Gasteiger partial charge on any atom is -0.376 e. The van der Waals surface area contributed by atoms with Crippen molar-refractivity contribution in [3.05, 3.63) is 69.3 Å². The van der Waals surface area contributed by atoms with Crippen LogP contribution in [0.3, 0.4) is 0 Å². The smallest absolute Gasteiger partial charge is 0.292 e. The lowest BCUT2D eigenvalue weighted by molar-refractivity contribution is -0.384. The van der Waals surface area contributed by atoms with Crippen LogP contribution in [0.25, 0.3) is 0 Å². The highest BCUT2D eigenvalue weighted by Gasteiger charge is 2.38. The van der Waals surface area contributed by atoms with Gasteiger partial charge >= 0.3 is 0 Å². The molecule has 176 valence electrons. The number of ether oxygens (including phenoxy) is 1. The monoisotopic (exact) mass is 464 g/mol. The van der Waals surface area contributed by atoms with E-state index >= 15 is 0 Å². The van der Waals surface area contributed by atoms with Crippen molar-refractivity contribution in [3.63, 3.8) is 0 Å². The summed E-state index contributed by atoms with van der Waals surface area (Å²) in [5.41, 5.74) is 1.47. The SMILES string of the molecule is O=C(c1ccc2c(c1)C(=O)N(CC1CCCO1)C2=O)N1CCN(c2ccccc2[N+](=O)[O-])CC1. The zero-order chi connectivity index (χ0) is 23.8. The summed E-state index contributed by atoms with van der Waals surface area (Å²) < 4.78 is 5.56. The molecule has 1 atom stereocenters.